The first-order valence-corrected chi connectivity index (χ1v) is 4.43. The summed E-state index contributed by atoms with van der Waals surface area (Å²) >= 11 is 0. The molecule has 0 unspecified atom stereocenters. The monoisotopic (exact) mass is 189 g/mol. The summed E-state index contributed by atoms with van der Waals surface area (Å²) < 4.78 is 0. The Labute approximate surface area is 81.3 Å². The third kappa shape index (κ3) is 1.40. The molecule has 0 aliphatic carbocycles. The average molecular weight is 189 g/mol. The van der Waals surface area contributed by atoms with Crippen LogP contribution in [-0.2, 0) is 0 Å². The van der Waals surface area contributed by atoms with Gasteiger partial charge in [-0.3, -0.25) is 4.79 Å². The number of Topliss-reactive ketones (excluding diaryl/α,β-unsaturated/α-hetero) is 1. The first kappa shape index (κ1) is 8.90. The number of rotatable bonds is 3. The zero-order valence-corrected chi connectivity index (χ0v) is 7.87. The normalized spacial score (nSPS) is 10.6. The van der Waals surface area contributed by atoms with Crippen molar-refractivity contribution in [2.45, 2.75) is 0 Å². The van der Waals surface area contributed by atoms with Crippen LogP contribution in [0.5, 0.6) is 0 Å². The fraction of sp³-hybridized carbons (Fsp3) is 0.200. The van der Waals surface area contributed by atoms with Crippen molar-refractivity contribution >= 4 is 16.8 Å². The Bertz CT molecular complexity index is 461. The largest absolute Gasteiger partial charge is 0.345 e. The minimum atomic E-state index is 0.0757. The Balaban J connectivity index is 2.47. The second-order valence-electron chi connectivity index (χ2n) is 3.06. The van der Waals surface area contributed by atoms with Crippen LogP contribution in [0.25, 0.3) is 11.0 Å². The summed E-state index contributed by atoms with van der Waals surface area (Å²) in [6.07, 6.45) is 3.41. The minimum absolute atomic E-state index is 0.0757. The van der Waals surface area contributed by atoms with Crippen molar-refractivity contribution in [1.29, 1.82) is 0 Å². The van der Waals surface area contributed by atoms with Crippen LogP contribution in [0.4, 0.5) is 0 Å². The molecule has 72 valence electrons. The Hall–Kier alpha value is -1.68. The molecule has 0 aliphatic heterocycles. The molecule has 0 aromatic carbocycles. The van der Waals surface area contributed by atoms with Crippen molar-refractivity contribution in [3.8, 4) is 0 Å². The molecule has 4 nitrogen and oxygen atoms in total. The fourth-order valence-electron chi connectivity index (χ4n) is 1.44. The molecule has 0 bridgehead atoms. The lowest BCUT2D eigenvalue weighted by atomic mass is 10.1. The maximum Gasteiger partial charge on any atom is 0.178 e. The van der Waals surface area contributed by atoms with E-state index in [9.17, 15) is 4.79 Å². The number of nitrogens with zero attached hydrogens (tertiary/aromatic N) is 1. The Morgan fingerprint density at radius 1 is 1.64 bits per heavy atom. The summed E-state index contributed by atoms with van der Waals surface area (Å²) in [4.78, 5) is 18.7. The van der Waals surface area contributed by atoms with Crippen LogP contribution in [-0.4, -0.2) is 29.3 Å². The molecular formula is C10H11N3O. The Kier molecular flexibility index (Phi) is 2.28. The number of ketones is 1. The zero-order valence-electron chi connectivity index (χ0n) is 7.87. The zero-order chi connectivity index (χ0) is 9.97. The smallest absolute Gasteiger partial charge is 0.178 e. The van der Waals surface area contributed by atoms with Crippen LogP contribution in [0.1, 0.15) is 10.4 Å². The van der Waals surface area contributed by atoms with Crippen LogP contribution < -0.4 is 5.32 Å². The lowest BCUT2D eigenvalue weighted by Gasteiger charge is -1.96. The third-order valence-corrected chi connectivity index (χ3v) is 2.09. The lowest BCUT2D eigenvalue weighted by Crippen LogP contribution is -2.18. The van der Waals surface area contributed by atoms with Crippen LogP contribution in [0.2, 0.25) is 0 Å². The van der Waals surface area contributed by atoms with Crippen molar-refractivity contribution in [3.05, 3.63) is 30.1 Å². The number of fused-ring (bicyclic) bond motifs is 1. The number of hydrogen-bond donors (Lipinski definition) is 2. The molecule has 0 atom stereocenters. The first-order valence-electron chi connectivity index (χ1n) is 4.43. The summed E-state index contributed by atoms with van der Waals surface area (Å²) in [5.41, 5.74) is 1.45. The number of pyridine rings is 1. The van der Waals surface area contributed by atoms with Crippen molar-refractivity contribution in [2.24, 2.45) is 0 Å². The lowest BCUT2D eigenvalue weighted by molar-refractivity contribution is 0.0995. The van der Waals surface area contributed by atoms with Crippen LogP contribution in [0, 0.1) is 0 Å². The predicted molar refractivity (Wildman–Crippen MR) is 54.4 cm³/mol. The second-order valence-corrected chi connectivity index (χ2v) is 3.06. The number of aromatic amines is 1. The molecule has 2 rings (SSSR count). The number of carbonyl (C=O) groups is 1. The molecule has 4 heteroatoms. The molecule has 2 heterocycles. The molecule has 0 aliphatic rings. The van der Waals surface area contributed by atoms with E-state index in [4.69, 9.17) is 0 Å². The summed E-state index contributed by atoms with van der Waals surface area (Å²) in [6.45, 7) is 0.349. The molecule has 0 amide bonds. The van der Waals surface area contributed by atoms with E-state index in [2.05, 4.69) is 15.3 Å². The molecule has 0 spiro atoms. The summed E-state index contributed by atoms with van der Waals surface area (Å²) in [6, 6.07) is 3.72. The quantitative estimate of drug-likeness (QED) is 0.707. The van der Waals surface area contributed by atoms with E-state index in [-0.39, 0.29) is 5.78 Å². The fourth-order valence-corrected chi connectivity index (χ4v) is 1.44. The highest BCUT2D eigenvalue weighted by Crippen LogP contribution is 2.15. The van der Waals surface area contributed by atoms with Gasteiger partial charge in [-0.15, -0.1) is 0 Å². The van der Waals surface area contributed by atoms with E-state index in [0.717, 1.165) is 11.0 Å². The van der Waals surface area contributed by atoms with Gasteiger partial charge in [0.25, 0.3) is 0 Å². The second kappa shape index (κ2) is 3.59. The van der Waals surface area contributed by atoms with Gasteiger partial charge in [0.15, 0.2) is 5.78 Å². The molecule has 2 aromatic rings. The molecule has 2 N–H and O–H groups in total. The van der Waals surface area contributed by atoms with Gasteiger partial charge in [-0.2, -0.15) is 0 Å². The minimum Gasteiger partial charge on any atom is -0.345 e. The average Bonchev–Trinajstić information content (AvgIpc) is 2.61. The highest BCUT2D eigenvalue weighted by molar-refractivity contribution is 6.08. The summed E-state index contributed by atoms with van der Waals surface area (Å²) in [5, 5.41) is 3.72. The number of aromatic nitrogens is 2. The highest BCUT2D eigenvalue weighted by Gasteiger charge is 2.10. The van der Waals surface area contributed by atoms with E-state index in [1.165, 1.54) is 0 Å². The number of likely N-dealkylation sites (N-methyl/N-ethyl adjacent to an activating group) is 1. The molecule has 14 heavy (non-hydrogen) atoms. The molecule has 0 saturated heterocycles. The van der Waals surface area contributed by atoms with Gasteiger partial charge in [0.1, 0.15) is 5.65 Å². The predicted octanol–water partition coefficient (Wildman–Crippen LogP) is 0.965. The molecule has 0 saturated carbocycles. The number of carbonyl (C=O) groups excluding carboxylic acids is 1. The van der Waals surface area contributed by atoms with E-state index in [0.29, 0.717) is 12.1 Å². The van der Waals surface area contributed by atoms with Crippen molar-refractivity contribution in [2.75, 3.05) is 13.6 Å². The molecular weight excluding hydrogens is 178 g/mol. The van der Waals surface area contributed by atoms with E-state index in [1.807, 2.05) is 12.1 Å². The van der Waals surface area contributed by atoms with Gasteiger partial charge in [-0.05, 0) is 19.2 Å². The third-order valence-electron chi connectivity index (χ3n) is 2.09. The van der Waals surface area contributed by atoms with Crippen molar-refractivity contribution in [3.63, 3.8) is 0 Å². The summed E-state index contributed by atoms with van der Waals surface area (Å²) in [5.74, 6) is 0.0757. The van der Waals surface area contributed by atoms with Gasteiger partial charge < -0.3 is 10.3 Å². The van der Waals surface area contributed by atoms with Crippen LogP contribution >= 0.6 is 0 Å². The van der Waals surface area contributed by atoms with Crippen LogP contribution in [0.3, 0.4) is 0 Å². The topological polar surface area (TPSA) is 57.8 Å². The summed E-state index contributed by atoms with van der Waals surface area (Å²) in [7, 11) is 1.75. The van der Waals surface area contributed by atoms with Gasteiger partial charge in [0.2, 0.25) is 0 Å². The number of nitrogens with one attached hydrogen (secondary N) is 2. The van der Waals surface area contributed by atoms with Crippen LogP contribution in [0.15, 0.2) is 24.5 Å². The van der Waals surface area contributed by atoms with E-state index < -0.39 is 0 Å². The van der Waals surface area contributed by atoms with Gasteiger partial charge in [0, 0.05) is 23.3 Å². The molecule has 0 radical (unpaired) electrons. The maximum absolute atomic E-state index is 11.6. The van der Waals surface area contributed by atoms with Gasteiger partial charge >= 0.3 is 0 Å². The van der Waals surface area contributed by atoms with Gasteiger partial charge in [-0.25, -0.2) is 4.98 Å². The van der Waals surface area contributed by atoms with E-state index >= 15 is 0 Å². The SMILES string of the molecule is CNCC(=O)c1c[nH]c2ncccc12. The van der Waals surface area contributed by atoms with Crippen molar-refractivity contribution < 1.29 is 4.79 Å². The molecule has 2 aromatic heterocycles. The highest BCUT2D eigenvalue weighted by atomic mass is 16.1. The van der Waals surface area contributed by atoms with Gasteiger partial charge in [0.05, 0.1) is 6.54 Å². The van der Waals surface area contributed by atoms with Crippen molar-refractivity contribution in [1.82, 2.24) is 15.3 Å². The number of H-pyrrole nitrogens is 1. The maximum atomic E-state index is 11.6. The first-order chi connectivity index (χ1) is 6.83. The standard InChI is InChI=1S/C10H11N3O/c1-11-6-9(14)8-5-13-10-7(8)3-2-4-12-10/h2-5,11H,6H2,1H3,(H,12,13). The number of hydrogen-bond acceptors (Lipinski definition) is 3. The van der Waals surface area contributed by atoms with E-state index in [1.54, 1.807) is 19.4 Å². The Morgan fingerprint density at radius 2 is 2.50 bits per heavy atom. The van der Waals surface area contributed by atoms with Gasteiger partial charge in [-0.1, -0.05) is 0 Å². The Morgan fingerprint density at radius 3 is 3.29 bits per heavy atom. The molecule has 0 fully saturated rings.